The molecule has 0 aliphatic carbocycles. The number of carbonyl (C=O) groups excluding carboxylic acids is 2. The third-order valence-corrected chi connectivity index (χ3v) is 5.06. The Morgan fingerprint density at radius 2 is 0.938 bits per heavy atom. The smallest absolute Gasteiger partial charge is 0.257 e. The number of nitrogens with one attached hydrogen (secondary N) is 4. The predicted molar refractivity (Wildman–Crippen MR) is 136 cm³/mol. The van der Waals surface area contributed by atoms with Crippen LogP contribution in [0.3, 0.4) is 0 Å². The second-order valence-electron chi connectivity index (χ2n) is 7.02. The van der Waals surface area contributed by atoms with Crippen molar-refractivity contribution in [1.29, 1.82) is 0 Å². The zero-order valence-corrected chi connectivity index (χ0v) is 19.2. The molecule has 3 aromatic rings. The molecule has 3 aromatic carbocycles. The summed E-state index contributed by atoms with van der Waals surface area (Å²) in [6.45, 7) is 3.89. The maximum absolute atomic E-state index is 12.5. The van der Waals surface area contributed by atoms with Gasteiger partial charge in [-0.3, -0.25) is 20.2 Å². The van der Waals surface area contributed by atoms with E-state index >= 15 is 0 Å². The van der Waals surface area contributed by atoms with E-state index in [4.69, 9.17) is 24.4 Å². The van der Waals surface area contributed by atoms with Crippen molar-refractivity contribution in [2.24, 2.45) is 0 Å². The van der Waals surface area contributed by atoms with E-state index in [2.05, 4.69) is 21.3 Å². The van der Waals surface area contributed by atoms with Gasteiger partial charge in [0.1, 0.15) is 0 Å². The summed E-state index contributed by atoms with van der Waals surface area (Å²) in [6.07, 6.45) is 0. The van der Waals surface area contributed by atoms with E-state index < -0.39 is 0 Å². The zero-order chi connectivity index (χ0) is 23.1. The summed E-state index contributed by atoms with van der Waals surface area (Å²) in [5.41, 5.74) is 4.40. The first-order chi connectivity index (χ1) is 15.3. The molecule has 8 heteroatoms. The summed E-state index contributed by atoms with van der Waals surface area (Å²) in [6, 6.07) is 21.5. The largest absolute Gasteiger partial charge is 0.332 e. The molecule has 0 spiro atoms. The van der Waals surface area contributed by atoms with Gasteiger partial charge in [-0.1, -0.05) is 36.4 Å². The molecule has 0 heterocycles. The first kappa shape index (κ1) is 23.1. The van der Waals surface area contributed by atoms with E-state index in [1.807, 2.05) is 62.4 Å². The first-order valence-corrected chi connectivity index (χ1v) is 10.6. The number of carbonyl (C=O) groups is 2. The van der Waals surface area contributed by atoms with Crippen LogP contribution in [0.15, 0.2) is 72.8 Å². The Balaban J connectivity index is 1.55. The van der Waals surface area contributed by atoms with Gasteiger partial charge < -0.3 is 10.6 Å². The molecule has 0 radical (unpaired) electrons. The zero-order valence-electron chi connectivity index (χ0n) is 17.6. The summed E-state index contributed by atoms with van der Waals surface area (Å²) >= 11 is 10.4. The minimum Gasteiger partial charge on any atom is -0.332 e. The normalized spacial score (nSPS) is 10.1. The minimum atomic E-state index is -0.375. The third kappa shape index (κ3) is 6.19. The summed E-state index contributed by atoms with van der Waals surface area (Å²) < 4.78 is 0. The average Bonchev–Trinajstić information content (AvgIpc) is 2.77. The van der Waals surface area contributed by atoms with Gasteiger partial charge in [0, 0.05) is 22.5 Å². The molecule has 6 nitrogen and oxygen atoms in total. The maximum atomic E-state index is 12.5. The number of amides is 2. The van der Waals surface area contributed by atoms with Gasteiger partial charge in [-0.25, -0.2) is 0 Å². The monoisotopic (exact) mass is 462 g/mol. The molecule has 0 atom stereocenters. The summed E-state index contributed by atoms with van der Waals surface area (Å²) in [5, 5.41) is 11.7. The molecule has 32 heavy (non-hydrogen) atoms. The standard InChI is InChI=1S/C24H22N4O2S2/c1-15-7-3-5-9-19(15)25-23(31)27-21(29)17-11-13-18(14-12-17)22(30)28-24(32)26-20-10-6-4-8-16(20)2/h3-14H,1-2H3,(H2,25,27,29,31)(H2,26,28,30,32). The Hall–Kier alpha value is -3.62. The lowest BCUT2D eigenvalue weighted by Gasteiger charge is -2.12. The lowest BCUT2D eigenvalue weighted by atomic mass is 10.1. The van der Waals surface area contributed by atoms with Crippen LogP contribution in [0.2, 0.25) is 0 Å². The first-order valence-electron chi connectivity index (χ1n) is 9.79. The van der Waals surface area contributed by atoms with Crippen LogP contribution in [0.4, 0.5) is 11.4 Å². The molecule has 0 aliphatic rings. The van der Waals surface area contributed by atoms with E-state index in [0.717, 1.165) is 22.5 Å². The van der Waals surface area contributed by atoms with Crippen LogP contribution in [0, 0.1) is 13.8 Å². The Bertz CT molecular complexity index is 1080. The van der Waals surface area contributed by atoms with E-state index in [1.54, 1.807) is 24.3 Å². The van der Waals surface area contributed by atoms with Crippen molar-refractivity contribution >= 4 is 57.8 Å². The van der Waals surface area contributed by atoms with Crippen molar-refractivity contribution in [2.75, 3.05) is 10.6 Å². The Morgan fingerprint density at radius 3 is 1.28 bits per heavy atom. The van der Waals surface area contributed by atoms with Crippen LogP contribution in [0.1, 0.15) is 31.8 Å². The van der Waals surface area contributed by atoms with E-state index in [9.17, 15) is 9.59 Å². The highest BCUT2D eigenvalue weighted by molar-refractivity contribution is 7.80. The van der Waals surface area contributed by atoms with Gasteiger partial charge in [0.05, 0.1) is 0 Å². The van der Waals surface area contributed by atoms with Gasteiger partial charge in [0.2, 0.25) is 0 Å². The van der Waals surface area contributed by atoms with Crippen LogP contribution >= 0.6 is 24.4 Å². The van der Waals surface area contributed by atoms with Crippen molar-refractivity contribution < 1.29 is 9.59 Å². The number of hydrogen-bond acceptors (Lipinski definition) is 4. The van der Waals surface area contributed by atoms with Crippen molar-refractivity contribution in [2.45, 2.75) is 13.8 Å². The number of benzene rings is 3. The highest BCUT2D eigenvalue weighted by atomic mass is 32.1. The number of anilines is 2. The quantitative estimate of drug-likeness (QED) is 0.426. The topological polar surface area (TPSA) is 82.3 Å². The van der Waals surface area contributed by atoms with Crippen LogP contribution in [0.25, 0.3) is 0 Å². The van der Waals surface area contributed by atoms with Gasteiger partial charge in [0.25, 0.3) is 11.8 Å². The molecule has 0 bridgehead atoms. The minimum absolute atomic E-state index is 0.193. The highest BCUT2D eigenvalue weighted by Gasteiger charge is 2.12. The number of aryl methyl sites for hydroxylation is 2. The van der Waals surface area contributed by atoms with Gasteiger partial charge >= 0.3 is 0 Å². The summed E-state index contributed by atoms with van der Waals surface area (Å²) in [7, 11) is 0. The third-order valence-electron chi connectivity index (χ3n) is 4.65. The van der Waals surface area contributed by atoms with Gasteiger partial charge in [-0.2, -0.15) is 0 Å². The Morgan fingerprint density at radius 1 is 0.594 bits per heavy atom. The van der Waals surface area contributed by atoms with Crippen molar-refractivity contribution in [3.8, 4) is 0 Å². The second-order valence-corrected chi connectivity index (χ2v) is 7.84. The molecule has 0 saturated heterocycles. The molecular weight excluding hydrogens is 440 g/mol. The lowest BCUT2D eigenvalue weighted by Crippen LogP contribution is -2.35. The molecule has 0 saturated carbocycles. The van der Waals surface area contributed by atoms with Gasteiger partial charge in [-0.05, 0) is 85.8 Å². The number of thiocarbonyl (C=S) groups is 2. The van der Waals surface area contributed by atoms with Crippen molar-refractivity contribution in [3.63, 3.8) is 0 Å². The summed E-state index contributed by atoms with van der Waals surface area (Å²) in [5.74, 6) is -0.750. The molecule has 0 unspecified atom stereocenters. The van der Waals surface area contributed by atoms with Crippen molar-refractivity contribution in [1.82, 2.24) is 10.6 Å². The Labute approximate surface area is 197 Å². The lowest BCUT2D eigenvalue weighted by molar-refractivity contribution is 0.0965. The van der Waals surface area contributed by atoms with E-state index in [1.165, 1.54) is 0 Å². The predicted octanol–water partition coefficient (Wildman–Crippen LogP) is 4.56. The highest BCUT2D eigenvalue weighted by Crippen LogP contribution is 2.14. The SMILES string of the molecule is Cc1ccccc1NC(=S)NC(=O)c1ccc(C(=O)NC(=S)Nc2ccccc2C)cc1. The number of para-hydroxylation sites is 2. The molecule has 162 valence electrons. The molecule has 0 aliphatic heterocycles. The molecule has 3 rings (SSSR count). The Kier molecular flexibility index (Phi) is 7.64. The molecular formula is C24H22N4O2S2. The van der Waals surface area contributed by atoms with Crippen LogP contribution in [-0.2, 0) is 0 Å². The second kappa shape index (κ2) is 10.6. The van der Waals surface area contributed by atoms with Crippen molar-refractivity contribution in [3.05, 3.63) is 95.1 Å². The summed E-state index contributed by atoms with van der Waals surface area (Å²) in [4.78, 5) is 24.9. The molecule has 0 aromatic heterocycles. The number of hydrogen-bond donors (Lipinski definition) is 4. The van der Waals surface area contributed by atoms with E-state index in [-0.39, 0.29) is 22.0 Å². The fourth-order valence-electron chi connectivity index (χ4n) is 2.86. The number of rotatable bonds is 4. The average molecular weight is 463 g/mol. The van der Waals surface area contributed by atoms with E-state index in [0.29, 0.717) is 11.1 Å². The van der Waals surface area contributed by atoms with Crippen LogP contribution in [0.5, 0.6) is 0 Å². The molecule has 4 N–H and O–H groups in total. The van der Waals surface area contributed by atoms with Gasteiger partial charge in [0.15, 0.2) is 10.2 Å². The molecule has 0 fully saturated rings. The van der Waals surface area contributed by atoms with Gasteiger partial charge in [-0.15, -0.1) is 0 Å². The maximum Gasteiger partial charge on any atom is 0.257 e. The van der Waals surface area contributed by atoms with Crippen LogP contribution in [-0.4, -0.2) is 22.0 Å². The fraction of sp³-hybridized carbons (Fsp3) is 0.0833. The molecule has 2 amide bonds. The van der Waals surface area contributed by atoms with Crippen LogP contribution < -0.4 is 21.3 Å². The fourth-order valence-corrected chi connectivity index (χ4v) is 3.26.